The summed E-state index contributed by atoms with van der Waals surface area (Å²) in [6, 6.07) is 12.5. The van der Waals surface area contributed by atoms with Crippen molar-refractivity contribution in [2.75, 3.05) is 36.5 Å². The molecule has 1 atom stereocenters. The number of halogens is 1. The van der Waals surface area contributed by atoms with E-state index in [1.165, 1.54) is 0 Å². The van der Waals surface area contributed by atoms with Crippen LogP contribution in [0.25, 0.3) is 0 Å². The highest BCUT2D eigenvalue weighted by Gasteiger charge is 2.23. The second-order valence-electron chi connectivity index (χ2n) is 7.69. The molecule has 9 heteroatoms. The first-order valence-corrected chi connectivity index (χ1v) is 12.3. The summed E-state index contributed by atoms with van der Waals surface area (Å²) in [5.41, 5.74) is 3.71. The minimum Gasteiger partial charge on any atom is -0.369 e. The van der Waals surface area contributed by atoms with Gasteiger partial charge in [0.2, 0.25) is 0 Å². The molecule has 3 rings (SSSR count). The van der Waals surface area contributed by atoms with Gasteiger partial charge in [-0.05, 0) is 43.2 Å². The van der Waals surface area contributed by atoms with Gasteiger partial charge in [-0.3, -0.25) is 5.41 Å². The zero-order valence-electron chi connectivity index (χ0n) is 17.6. The van der Waals surface area contributed by atoms with E-state index in [2.05, 4.69) is 15.5 Å². The lowest BCUT2D eigenvalue weighted by Crippen LogP contribution is -2.41. The van der Waals surface area contributed by atoms with Crippen molar-refractivity contribution >= 4 is 38.9 Å². The topological polar surface area (TPSA) is 102 Å². The maximum Gasteiger partial charge on any atom is 0.314 e. The van der Waals surface area contributed by atoms with Gasteiger partial charge >= 0.3 is 6.03 Å². The molecule has 0 spiro atoms. The number of anilines is 1. The fourth-order valence-electron chi connectivity index (χ4n) is 3.61. The number of urea groups is 1. The largest absolute Gasteiger partial charge is 0.369 e. The molecule has 0 saturated carbocycles. The second kappa shape index (κ2) is 9.70. The number of carbonyl (C=O) groups excluding carboxylic acids is 1. The molecule has 1 fully saturated rings. The van der Waals surface area contributed by atoms with Crippen LogP contribution in [0.3, 0.4) is 0 Å². The molecule has 1 aliphatic rings. The van der Waals surface area contributed by atoms with E-state index < -0.39 is 9.84 Å². The Hall–Kier alpha value is -2.58. The van der Waals surface area contributed by atoms with Crippen molar-refractivity contribution < 1.29 is 13.2 Å². The smallest absolute Gasteiger partial charge is 0.314 e. The van der Waals surface area contributed by atoms with Gasteiger partial charge in [-0.1, -0.05) is 29.8 Å². The number of sulfone groups is 1. The number of nitrogens with one attached hydrogen (secondary N) is 3. The summed E-state index contributed by atoms with van der Waals surface area (Å²) in [6.07, 6.45) is 0.526. The van der Waals surface area contributed by atoms with Crippen LogP contribution in [0.15, 0.2) is 42.5 Å². The summed E-state index contributed by atoms with van der Waals surface area (Å²) in [5, 5.41) is 14.8. The third-order valence-corrected chi connectivity index (χ3v) is 7.19. The molecule has 1 unspecified atom stereocenters. The highest BCUT2D eigenvalue weighted by molar-refractivity contribution is 7.91. The number of nitrogens with zero attached hydrogens (tertiary/aromatic N) is 1. The van der Waals surface area contributed by atoms with E-state index in [-0.39, 0.29) is 23.6 Å². The fraction of sp³-hybridized carbons (Fsp3) is 0.364. The Bertz CT molecular complexity index is 1060. The molecular formula is C22H27ClN4O3S. The van der Waals surface area contributed by atoms with Crippen LogP contribution in [0.2, 0.25) is 5.02 Å². The average molecular weight is 463 g/mol. The van der Waals surface area contributed by atoms with Gasteiger partial charge in [0.15, 0.2) is 9.84 Å². The van der Waals surface area contributed by atoms with Gasteiger partial charge in [0.1, 0.15) is 0 Å². The molecule has 0 bridgehead atoms. The highest BCUT2D eigenvalue weighted by atomic mass is 35.5. The Morgan fingerprint density at radius 3 is 2.42 bits per heavy atom. The highest BCUT2D eigenvalue weighted by Crippen LogP contribution is 2.25. The zero-order valence-corrected chi connectivity index (χ0v) is 19.2. The molecule has 2 aromatic carbocycles. The number of hydrogen-bond donors (Lipinski definition) is 3. The summed E-state index contributed by atoms with van der Waals surface area (Å²) in [6.45, 7) is 2.80. The lowest BCUT2D eigenvalue weighted by atomic mass is 9.93. The Balaban J connectivity index is 1.92. The minimum absolute atomic E-state index is 0.138. The van der Waals surface area contributed by atoms with Crippen LogP contribution in [0.5, 0.6) is 0 Å². The van der Waals surface area contributed by atoms with Crippen LogP contribution in [-0.4, -0.2) is 57.8 Å². The van der Waals surface area contributed by atoms with Crippen LogP contribution < -0.4 is 15.5 Å². The fourth-order valence-corrected chi connectivity index (χ4v) is 4.94. The molecule has 166 valence electrons. The van der Waals surface area contributed by atoms with E-state index >= 15 is 0 Å². The summed E-state index contributed by atoms with van der Waals surface area (Å²) >= 11 is 5.99. The average Bonchev–Trinajstić information content (AvgIpc) is 2.73. The van der Waals surface area contributed by atoms with Gasteiger partial charge < -0.3 is 15.5 Å². The molecule has 1 aliphatic heterocycles. The maximum atomic E-state index is 11.8. The Morgan fingerprint density at radius 2 is 1.81 bits per heavy atom. The quantitative estimate of drug-likeness (QED) is 0.574. The SMILES string of the molecule is CNC(=O)NC(C)Cc1cc(N2CCS(=O)(=O)CC2)ccc1C(=N)c1ccc(Cl)cc1. The lowest BCUT2D eigenvalue weighted by molar-refractivity contribution is 0.240. The monoisotopic (exact) mass is 462 g/mol. The molecule has 1 heterocycles. The van der Waals surface area contributed by atoms with Gasteiger partial charge in [-0.15, -0.1) is 0 Å². The predicted molar refractivity (Wildman–Crippen MR) is 125 cm³/mol. The van der Waals surface area contributed by atoms with Gasteiger partial charge in [0.05, 0.1) is 17.2 Å². The van der Waals surface area contributed by atoms with Crippen LogP contribution >= 0.6 is 11.6 Å². The number of hydrogen-bond acceptors (Lipinski definition) is 5. The van der Waals surface area contributed by atoms with E-state index in [0.717, 1.165) is 22.4 Å². The molecule has 7 nitrogen and oxygen atoms in total. The van der Waals surface area contributed by atoms with E-state index in [9.17, 15) is 13.2 Å². The van der Waals surface area contributed by atoms with Crippen molar-refractivity contribution in [3.8, 4) is 0 Å². The second-order valence-corrected chi connectivity index (χ2v) is 10.4. The zero-order chi connectivity index (χ0) is 22.6. The summed E-state index contributed by atoms with van der Waals surface area (Å²) < 4.78 is 23.6. The molecule has 1 saturated heterocycles. The molecule has 31 heavy (non-hydrogen) atoms. The molecular weight excluding hydrogens is 436 g/mol. The predicted octanol–water partition coefficient (Wildman–Crippen LogP) is 2.85. The van der Waals surface area contributed by atoms with Crippen molar-refractivity contribution in [1.29, 1.82) is 5.41 Å². The number of carbonyl (C=O) groups is 1. The Labute approximate surface area is 188 Å². The summed E-state index contributed by atoms with van der Waals surface area (Å²) in [4.78, 5) is 13.8. The third kappa shape index (κ3) is 5.98. The first-order chi connectivity index (χ1) is 14.7. The Kier molecular flexibility index (Phi) is 7.23. The van der Waals surface area contributed by atoms with Crippen molar-refractivity contribution in [3.05, 3.63) is 64.2 Å². The van der Waals surface area contributed by atoms with Crippen LogP contribution in [0.4, 0.5) is 10.5 Å². The van der Waals surface area contributed by atoms with E-state index in [0.29, 0.717) is 30.2 Å². The molecule has 0 aromatic heterocycles. The van der Waals surface area contributed by atoms with E-state index in [1.807, 2.05) is 37.3 Å². The molecule has 0 aliphatic carbocycles. The normalized spacial score (nSPS) is 16.4. The van der Waals surface area contributed by atoms with Gasteiger partial charge in [-0.2, -0.15) is 0 Å². The Morgan fingerprint density at radius 1 is 1.16 bits per heavy atom. The van der Waals surface area contributed by atoms with Crippen molar-refractivity contribution in [2.24, 2.45) is 0 Å². The van der Waals surface area contributed by atoms with Gasteiger partial charge in [0, 0.05) is 48.0 Å². The number of rotatable bonds is 6. The van der Waals surface area contributed by atoms with Crippen molar-refractivity contribution in [3.63, 3.8) is 0 Å². The van der Waals surface area contributed by atoms with Crippen LogP contribution in [0, 0.1) is 5.41 Å². The van der Waals surface area contributed by atoms with Crippen molar-refractivity contribution in [2.45, 2.75) is 19.4 Å². The molecule has 2 aromatic rings. The minimum atomic E-state index is -2.97. The van der Waals surface area contributed by atoms with E-state index in [1.54, 1.807) is 19.2 Å². The molecule has 3 N–H and O–H groups in total. The summed E-state index contributed by atoms with van der Waals surface area (Å²) in [7, 11) is -1.41. The standard InChI is InChI=1S/C22H27ClN4O3S/c1-15(26-22(28)25-2)13-17-14-19(27-9-11-31(29,30)12-10-27)7-8-20(17)21(24)16-3-5-18(23)6-4-16/h3-8,14-15,24H,9-13H2,1-2H3,(H2,25,26,28). The maximum absolute atomic E-state index is 11.8. The first kappa shape index (κ1) is 23.1. The number of amides is 2. The van der Waals surface area contributed by atoms with Crippen molar-refractivity contribution in [1.82, 2.24) is 10.6 Å². The summed E-state index contributed by atoms with van der Waals surface area (Å²) in [5.74, 6) is 0.276. The van der Waals surface area contributed by atoms with E-state index in [4.69, 9.17) is 17.0 Å². The van der Waals surface area contributed by atoms with Crippen LogP contribution in [0.1, 0.15) is 23.6 Å². The number of benzene rings is 2. The van der Waals surface area contributed by atoms with Crippen LogP contribution in [-0.2, 0) is 16.3 Å². The lowest BCUT2D eigenvalue weighted by Gasteiger charge is -2.30. The molecule has 0 radical (unpaired) electrons. The van der Waals surface area contributed by atoms with Gasteiger partial charge in [-0.25, -0.2) is 13.2 Å². The third-order valence-electron chi connectivity index (χ3n) is 5.33. The van der Waals surface area contributed by atoms with Gasteiger partial charge in [0.25, 0.3) is 0 Å². The first-order valence-electron chi connectivity index (χ1n) is 10.1. The molecule has 2 amide bonds.